The van der Waals surface area contributed by atoms with Crippen molar-refractivity contribution < 1.29 is 15.1 Å². The van der Waals surface area contributed by atoms with Crippen molar-refractivity contribution in [3.05, 3.63) is 27.8 Å². The standard InChI is InChI=1S/C9H11NO4/c1-2-3-6-4-5-7(11)9(12)8(6)10(13)14/h4-5,11-12H,2-3H2,1H3. The van der Waals surface area contributed by atoms with E-state index in [2.05, 4.69) is 0 Å². The molecular formula is C9H11NO4. The van der Waals surface area contributed by atoms with E-state index in [9.17, 15) is 15.2 Å². The number of nitrogens with zero attached hydrogens (tertiary/aromatic N) is 1. The summed E-state index contributed by atoms with van der Waals surface area (Å²) in [6, 6.07) is 2.71. The number of nitro groups is 1. The van der Waals surface area contributed by atoms with Crippen molar-refractivity contribution in [3.63, 3.8) is 0 Å². The average Bonchev–Trinajstić information content (AvgIpc) is 2.11. The number of phenolic OH excluding ortho intramolecular Hbond substituents is 2. The van der Waals surface area contributed by atoms with Crippen LogP contribution in [-0.2, 0) is 6.42 Å². The summed E-state index contributed by atoms with van der Waals surface area (Å²) in [5.74, 6) is -1.11. The minimum Gasteiger partial charge on any atom is -0.504 e. The van der Waals surface area contributed by atoms with Gasteiger partial charge in [0.25, 0.3) is 0 Å². The molecule has 0 aliphatic carbocycles. The molecule has 76 valence electrons. The van der Waals surface area contributed by atoms with Gasteiger partial charge in [-0.3, -0.25) is 10.1 Å². The second-order valence-corrected chi connectivity index (χ2v) is 2.95. The number of hydrogen-bond donors (Lipinski definition) is 2. The van der Waals surface area contributed by atoms with Crippen molar-refractivity contribution in [3.8, 4) is 11.5 Å². The molecule has 14 heavy (non-hydrogen) atoms. The first-order valence-corrected chi connectivity index (χ1v) is 4.26. The summed E-state index contributed by atoms with van der Waals surface area (Å²) in [6.07, 6.45) is 1.25. The number of phenols is 2. The molecule has 0 bridgehead atoms. The summed E-state index contributed by atoms with van der Waals surface area (Å²) in [7, 11) is 0. The topological polar surface area (TPSA) is 83.6 Å². The van der Waals surface area contributed by atoms with Gasteiger partial charge >= 0.3 is 5.69 Å². The van der Waals surface area contributed by atoms with E-state index in [0.29, 0.717) is 12.0 Å². The third-order valence-corrected chi connectivity index (χ3v) is 1.92. The smallest absolute Gasteiger partial charge is 0.317 e. The molecule has 0 aliphatic heterocycles. The van der Waals surface area contributed by atoms with Crippen LogP contribution in [0.3, 0.4) is 0 Å². The maximum Gasteiger partial charge on any atom is 0.317 e. The highest BCUT2D eigenvalue weighted by molar-refractivity contribution is 5.59. The maximum absolute atomic E-state index is 10.6. The fraction of sp³-hybridized carbons (Fsp3) is 0.333. The summed E-state index contributed by atoms with van der Waals surface area (Å²) in [5, 5.41) is 29.0. The van der Waals surface area contributed by atoms with Crippen molar-refractivity contribution in [2.45, 2.75) is 19.8 Å². The minimum absolute atomic E-state index is 0.396. The molecule has 0 spiro atoms. The molecule has 0 saturated carbocycles. The SMILES string of the molecule is CCCc1ccc(O)c(O)c1[N+](=O)[O-]. The van der Waals surface area contributed by atoms with E-state index in [1.807, 2.05) is 6.92 Å². The predicted molar refractivity (Wildman–Crippen MR) is 50.4 cm³/mol. The van der Waals surface area contributed by atoms with Crippen LogP contribution in [0.5, 0.6) is 11.5 Å². The lowest BCUT2D eigenvalue weighted by molar-refractivity contribution is -0.386. The van der Waals surface area contributed by atoms with Crippen LogP contribution >= 0.6 is 0 Å². The van der Waals surface area contributed by atoms with Gasteiger partial charge in [0.1, 0.15) is 0 Å². The van der Waals surface area contributed by atoms with Gasteiger partial charge in [0.15, 0.2) is 5.75 Å². The molecule has 0 fully saturated rings. The fourth-order valence-corrected chi connectivity index (χ4v) is 1.29. The number of aryl methyl sites for hydroxylation is 1. The molecule has 1 rings (SSSR count). The highest BCUT2D eigenvalue weighted by Crippen LogP contribution is 2.37. The van der Waals surface area contributed by atoms with Gasteiger partial charge in [-0.15, -0.1) is 0 Å². The van der Waals surface area contributed by atoms with Crippen LogP contribution < -0.4 is 0 Å². The van der Waals surface area contributed by atoms with Gasteiger partial charge in [0.05, 0.1) is 4.92 Å². The van der Waals surface area contributed by atoms with Crippen molar-refractivity contribution in [1.82, 2.24) is 0 Å². The van der Waals surface area contributed by atoms with Gasteiger partial charge < -0.3 is 10.2 Å². The van der Waals surface area contributed by atoms with Gasteiger partial charge in [-0.1, -0.05) is 13.3 Å². The van der Waals surface area contributed by atoms with Crippen molar-refractivity contribution >= 4 is 5.69 Å². The quantitative estimate of drug-likeness (QED) is 0.440. The Labute approximate surface area is 80.8 Å². The Kier molecular flexibility index (Phi) is 2.91. The lowest BCUT2D eigenvalue weighted by atomic mass is 10.1. The van der Waals surface area contributed by atoms with Gasteiger partial charge in [0.2, 0.25) is 5.75 Å². The molecule has 0 saturated heterocycles. The van der Waals surface area contributed by atoms with Crippen LogP contribution in [0.1, 0.15) is 18.9 Å². The first kappa shape index (κ1) is 10.3. The number of hydrogen-bond acceptors (Lipinski definition) is 4. The Hall–Kier alpha value is -1.78. The molecule has 2 N–H and O–H groups in total. The zero-order chi connectivity index (χ0) is 10.7. The van der Waals surface area contributed by atoms with Crippen molar-refractivity contribution in [1.29, 1.82) is 0 Å². The zero-order valence-corrected chi connectivity index (χ0v) is 7.73. The number of aromatic hydroxyl groups is 2. The summed E-state index contributed by atoms with van der Waals surface area (Å²) >= 11 is 0. The van der Waals surface area contributed by atoms with E-state index in [4.69, 9.17) is 5.11 Å². The van der Waals surface area contributed by atoms with Crippen LogP contribution in [0.2, 0.25) is 0 Å². The molecular weight excluding hydrogens is 186 g/mol. The molecule has 0 radical (unpaired) electrons. The molecule has 1 aromatic carbocycles. The predicted octanol–water partition coefficient (Wildman–Crippen LogP) is 1.96. The van der Waals surface area contributed by atoms with Gasteiger partial charge in [-0.25, -0.2) is 0 Å². The Bertz CT molecular complexity index is 362. The van der Waals surface area contributed by atoms with Crippen LogP contribution in [-0.4, -0.2) is 15.1 Å². The Balaban J connectivity index is 3.30. The number of nitro benzene ring substituents is 1. The van der Waals surface area contributed by atoms with E-state index in [-0.39, 0.29) is 0 Å². The van der Waals surface area contributed by atoms with Gasteiger partial charge in [-0.05, 0) is 18.6 Å². The van der Waals surface area contributed by atoms with Crippen molar-refractivity contribution in [2.24, 2.45) is 0 Å². The van der Waals surface area contributed by atoms with Crippen LogP contribution in [0.25, 0.3) is 0 Å². The molecule has 0 heterocycles. The third kappa shape index (κ3) is 1.76. The largest absolute Gasteiger partial charge is 0.504 e. The Morgan fingerprint density at radius 2 is 2.07 bits per heavy atom. The summed E-state index contributed by atoms with van der Waals surface area (Å²) in [5.41, 5.74) is 0.0413. The highest BCUT2D eigenvalue weighted by Gasteiger charge is 2.21. The minimum atomic E-state index is -0.681. The molecule has 0 aliphatic rings. The summed E-state index contributed by atoms with van der Waals surface area (Å²) in [6.45, 7) is 1.88. The molecule has 5 heteroatoms. The Morgan fingerprint density at radius 3 is 2.57 bits per heavy atom. The molecule has 0 amide bonds. The molecule has 0 unspecified atom stereocenters. The first-order chi connectivity index (χ1) is 6.57. The molecule has 0 atom stereocenters. The van der Waals surface area contributed by atoms with E-state index in [1.54, 1.807) is 0 Å². The van der Waals surface area contributed by atoms with E-state index >= 15 is 0 Å². The van der Waals surface area contributed by atoms with Crippen molar-refractivity contribution in [2.75, 3.05) is 0 Å². The lowest BCUT2D eigenvalue weighted by Gasteiger charge is -2.04. The van der Waals surface area contributed by atoms with Crippen LogP contribution in [0, 0.1) is 10.1 Å². The summed E-state index contributed by atoms with van der Waals surface area (Å²) in [4.78, 5) is 9.92. The third-order valence-electron chi connectivity index (χ3n) is 1.92. The monoisotopic (exact) mass is 197 g/mol. The maximum atomic E-state index is 10.6. The number of rotatable bonds is 3. The second kappa shape index (κ2) is 3.95. The fourth-order valence-electron chi connectivity index (χ4n) is 1.29. The molecule has 1 aromatic rings. The number of benzene rings is 1. The molecule has 5 nitrogen and oxygen atoms in total. The molecule has 0 aromatic heterocycles. The van der Waals surface area contributed by atoms with Gasteiger partial charge in [0, 0.05) is 5.56 Å². The van der Waals surface area contributed by atoms with Crippen LogP contribution in [0.4, 0.5) is 5.69 Å². The van der Waals surface area contributed by atoms with E-state index in [1.165, 1.54) is 12.1 Å². The van der Waals surface area contributed by atoms with Crippen LogP contribution in [0.15, 0.2) is 12.1 Å². The van der Waals surface area contributed by atoms with E-state index in [0.717, 1.165) is 6.42 Å². The zero-order valence-electron chi connectivity index (χ0n) is 7.73. The lowest BCUT2D eigenvalue weighted by Crippen LogP contribution is -1.95. The first-order valence-electron chi connectivity index (χ1n) is 4.26. The summed E-state index contributed by atoms with van der Waals surface area (Å²) < 4.78 is 0. The average molecular weight is 197 g/mol. The van der Waals surface area contributed by atoms with E-state index < -0.39 is 22.1 Å². The highest BCUT2D eigenvalue weighted by atomic mass is 16.6. The Morgan fingerprint density at radius 1 is 1.43 bits per heavy atom. The van der Waals surface area contributed by atoms with Gasteiger partial charge in [-0.2, -0.15) is 0 Å². The normalized spacial score (nSPS) is 10.1. The second-order valence-electron chi connectivity index (χ2n) is 2.95.